The second-order valence-corrected chi connectivity index (χ2v) is 6.83. The van der Waals surface area contributed by atoms with Gasteiger partial charge < -0.3 is 10.1 Å². The molecule has 1 N–H and O–H groups in total. The normalized spacial score (nSPS) is 12.1. The Morgan fingerprint density at radius 1 is 1.21 bits per heavy atom. The number of carbonyl (C=O) groups is 1. The molecule has 0 aliphatic rings. The van der Waals surface area contributed by atoms with E-state index in [4.69, 9.17) is 16.3 Å². The van der Waals surface area contributed by atoms with Gasteiger partial charge in [-0.1, -0.05) is 11.6 Å². The van der Waals surface area contributed by atoms with Crippen LogP contribution in [0.5, 0.6) is 0 Å². The van der Waals surface area contributed by atoms with Crippen LogP contribution < -0.4 is 16.6 Å². The lowest BCUT2D eigenvalue weighted by Gasteiger charge is -2.19. The molecule has 0 aliphatic carbocycles. The van der Waals surface area contributed by atoms with Crippen LogP contribution in [0.3, 0.4) is 0 Å². The minimum absolute atomic E-state index is 0.194. The molecule has 0 spiro atoms. The summed E-state index contributed by atoms with van der Waals surface area (Å²) in [4.78, 5) is 38.8. The summed E-state index contributed by atoms with van der Waals surface area (Å²) in [6.07, 6.45) is 0. The highest BCUT2D eigenvalue weighted by Crippen LogP contribution is 2.19. The fourth-order valence-corrected chi connectivity index (χ4v) is 3.20. The zero-order valence-electron chi connectivity index (χ0n) is 15.8. The van der Waals surface area contributed by atoms with Gasteiger partial charge in [-0.05, 0) is 49.4 Å². The Morgan fingerprint density at radius 2 is 1.90 bits per heavy atom. The number of fused-ring (bicyclic) bond motifs is 1. The summed E-state index contributed by atoms with van der Waals surface area (Å²) < 4.78 is 20.3. The Kier molecular flexibility index (Phi) is 6.14. The van der Waals surface area contributed by atoms with Gasteiger partial charge in [0, 0.05) is 18.7 Å². The highest BCUT2D eigenvalue weighted by Gasteiger charge is 2.22. The lowest BCUT2D eigenvalue weighted by atomic mass is 10.2. The van der Waals surface area contributed by atoms with Crippen molar-refractivity contribution in [3.8, 4) is 5.69 Å². The van der Waals surface area contributed by atoms with Gasteiger partial charge in [0.1, 0.15) is 11.9 Å². The highest BCUT2D eigenvalue weighted by molar-refractivity contribution is 6.31. The monoisotopic (exact) mass is 419 g/mol. The van der Waals surface area contributed by atoms with Crippen LogP contribution in [0.2, 0.25) is 5.02 Å². The fourth-order valence-electron chi connectivity index (χ4n) is 3.04. The molecule has 29 heavy (non-hydrogen) atoms. The Balaban J connectivity index is 2.26. The van der Waals surface area contributed by atoms with Crippen molar-refractivity contribution < 1.29 is 13.9 Å². The van der Waals surface area contributed by atoms with Gasteiger partial charge in [-0.15, -0.1) is 0 Å². The molecular weight excluding hydrogens is 401 g/mol. The Morgan fingerprint density at radius 3 is 2.55 bits per heavy atom. The van der Waals surface area contributed by atoms with E-state index in [-0.39, 0.29) is 23.1 Å². The first-order chi connectivity index (χ1) is 13.8. The Labute approximate surface area is 170 Å². The van der Waals surface area contributed by atoms with Crippen LogP contribution in [0.4, 0.5) is 4.39 Å². The summed E-state index contributed by atoms with van der Waals surface area (Å²) >= 11 is 6.07. The zero-order chi connectivity index (χ0) is 21.1. The highest BCUT2D eigenvalue weighted by atomic mass is 35.5. The topological polar surface area (TPSA) is 82.3 Å². The third-order valence-electron chi connectivity index (χ3n) is 4.51. The Bertz CT molecular complexity index is 1170. The number of nitrogens with zero attached hydrogens (tertiary/aromatic N) is 2. The number of ether oxygens (including phenoxy) is 1. The molecule has 1 atom stereocenters. The average Bonchev–Trinajstić information content (AvgIpc) is 2.69. The van der Waals surface area contributed by atoms with Crippen molar-refractivity contribution in [3.05, 3.63) is 74.1 Å². The van der Waals surface area contributed by atoms with Crippen LogP contribution in [-0.4, -0.2) is 35.3 Å². The van der Waals surface area contributed by atoms with E-state index in [9.17, 15) is 18.8 Å². The SMILES string of the molecule is COCCNC(=O)C(C)n1c(=O)n(-c2ccc(F)cc2)c(=O)c2ccc(Cl)cc21. The van der Waals surface area contributed by atoms with E-state index < -0.39 is 29.0 Å². The predicted molar refractivity (Wildman–Crippen MR) is 108 cm³/mol. The van der Waals surface area contributed by atoms with Crippen molar-refractivity contribution in [2.45, 2.75) is 13.0 Å². The number of amides is 1. The number of nitrogens with one attached hydrogen (secondary N) is 1. The molecule has 2 aromatic carbocycles. The van der Waals surface area contributed by atoms with Crippen molar-refractivity contribution >= 4 is 28.4 Å². The lowest BCUT2D eigenvalue weighted by molar-refractivity contribution is -0.124. The molecule has 3 aromatic rings. The molecule has 0 saturated heterocycles. The van der Waals surface area contributed by atoms with Gasteiger partial charge in [0.2, 0.25) is 5.91 Å². The van der Waals surface area contributed by atoms with Crippen LogP contribution in [0.15, 0.2) is 52.1 Å². The van der Waals surface area contributed by atoms with Crippen molar-refractivity contribution in [1.29, 1.82) is 0 Å². The first kappa shape index (κ1) is 20.8. The van der Waals surface area contributed by atoms with E-state index in [2.05, 4.69) is 5.32 Å². The molecule has 0 saturated carbocycles. The lowest BCUT2D eigenvalue weighted by Crippen LogP contribution is -2.44. The molecule has 1 unspecified atom stereocenters. The minimum Gasteiger partial charge on any atom is -0.383 e. The number of rotatable bonds is 6. The van der Waals surface area contributed by atoms with Gasteiger partial charge in [-0.2, -0.15) is 0 Å². The molecule has 0 bridgehead atoms. The van der Waals surface area contributed by atoms with Gasteiger partial charge in [-0.3, -0.25) is 14.2 Å². The summed E-state index contributed by atoms with van der Waals surface area (Å²) in [7, 11) is 1.51. The smallest absolute Gasteiger partial charge is 0.336 e. The van der Waals surface area contributed by atoms with E-state index >= 15 is 0 Å². The second kappa shape index (κ2) is 8.59. The molecule has 1 heterocycles. The van der Waals surface area contributed by atoms with Crippen LogP contribution in [0.25, 0.3) is 16.6 Å². The Hall–Kier alpha value is -2.97. The number of methoxy groups -OCH3 is 1. The molecule has 1 aromatic heterocycles. The van der Waals surface area contributed by atoms with Crippen LogP contribution >= 0.6 is 11.6 Å². The molecule has 3 rings (SSSR count). The number of halogens is 2. The number of aromatic nitrogens is 2. The molecule has 0 aliphatic heterocycles. The van der Waals surface area contributed by atoms with Gasteiger partial charge in [0.25, 0.3) is 5.56 Å². The quantitative estimate of drug-likeness (QED) is 0.621. The minimum atomic E-state index is -0.937. The third-order valence-corrected chi connectivity index (χ3v) is 4.74. The zero-order valence-corrected chi connectivity index (χ0v) is 16.6. The average molecular weight is 420 g/mol. The predicted octanol–water partition coefficient (Wildman–Crippen LogP) is 2.27. The molecule has 9 heteroatoms. The molecule has 1 amide bonds. The first-order valence-corrected chi connectivity index (χ1v) is 9.22. The van der Waals surface area contributed by atoms with Crippen molar-refractivity contribution in [2.75, 3.05) is 20.3 Å². The summed E-state index contributed by atoms with van der Waals surface area (Å²) in [5.74, 6) is -0.921. The maximum absolute atomic E-state index is 13.3. The van der Waals surface area contributed by atoms with Crippen LogP contribution in [0.1, 0.15) is 13.0 Å². The van der Waals surface area contributed by atoms with Crippen molar-refractivity contribution in [2.24, 2.45) is 0 Å². The number of hydrogen-bond acceptors (Lipinski definition) is 4. The second-order valence-electron chi connectivity index (χ2n) is 6.39. The van der Waals surface area contributed by atoms with E-state index in [1.54, 1.807) is 6.92 Å². The van der Waals surface area contributed by atoms with Gasteiger partial charge in [0.15, 0.2) is 0 Å². The standard InChI is InChI=1S/C20H19ClFN3O4/c1-12(18(26)23-9-10-29-2)24-17-11-13(21)3-8-16(17)19(27)25(20(24)28)15-6-4-14(22)5-7-15/h3-8,11-12H,9-10H2,1-2H3,(H,23,26). The van der Waals surface area contributed by atoms with Crippen molar-refractivity contribution in [3.63, 3.8) is 0 Å². The number of benzene rings is 2. The number of carbonyl (C=O) groups excluding carboxylic acids is 1. The van der Waals surface area contributed by atoms with E-state index in [1.807, 2.05) is 0 Å². The first-order valence-electron chi connectivity index (χ1n) is 8.84. The van der Waals surface area contributed by atoms with Gasteiger partial charge >= 0.3 is 5.69 Å². The summed E-state index contributed by atoms with van der Waals surface area (Å²) in [6.45, 7) is 2.13. The van der Waals surface area contributed by atoms with Crippen LogP contribution in [0, 0.1) is 5.82 Å². The van der Waals surface area contributed by atoms with Gasteiger partial charge in [0.05, 0.1) is 23.2 Å². The van der Waals surface area contributed by atoms with E-state index in [0.717, 1.165) is 16.7 Å². The maximum atomic E-state index is 13.3. The third kappa shape index (κ3) is 4.08. The summed E-state index contributed by atoms with van der Waals surface area (Å²) in [5.41, 5.74) is -0.887. The molecular formula is C20H19ClFN3O4. The summed E-state index contributed by atoms with van der Waals surface area (Å²) in [6, 6.07) is 8.50. The summed E-state index contributed by atoms with van der Waals surface area (Å²) in [5, 5.41) is 3.20. The van der Waals surface area contributed by atoms with E-state index in [0.29, 0.717) is 11.6 Å². The molecule has 0 fully saturated rings. The molecule has 7 nitrogen and oxygen atoms in total. The van der Waals surface area contributed by atoms with Crippen LogP contribution in [-0.2, 0) is 9.53 Å². The maximum Gasteiger partial charge on any atom is 0.336 e. The molecule has 152 valence electrons. The van der Waals surface area contributed by atoms with Crippen molar-refractivity contribution in [1.82, 2.24) is 14.5 Å². The fraction of sp³-hybridized carbons (Fsp3) is 0.250. The molecule has 0 radical (unpaired) electrons. The largest absolute Gasteiger partial charge is 0.383 e. The number of hydrogen-bond donors (Lipinski definition) is 1. The van der Waals surface area contributed by atoms with Gasteiger partial charge in [-0.25, -0.2) is 13.8 Å². The van der Waals surface area contributed by atoms with E-state index in [1.165, 1.54) is 42.0 Å².